The molecule has 0 unspecified atom stereocenters. The number of rotatable bonds is 8. The van der Waals surface area contributed by atoms with Crippen molar-refractivity contribution < 1.29 is 4.79 Å². The van der Waals surface area contributed by atoms with Crippen LogP contribution in [0.4, 0.5) is 0 Å². The van der Waals surface area contributed by atoms with Gasteiger partial charge in [-0.2, -0.15) is 0 Å². The zero-order chi connectivity index (χ0) is 17.3. The highest BCUT2D eigenvalue weighted by Crippen LogP contribution is 2.40. The Morgan fingerprint density at radius 2 is 1.62 bits per heavy atom. The molecule has 0 radical (unpaired) electrons. The first-order valence-electron chi connectivity index (χ1n) is 9.19. The highest BCUT2D eigenvalue weighted by atomic mass is 127. The third-order valence-electron chi connectivity index (χ3n) is 4.97. The Kier molecular flexibility index (Phi) is 10.9. The molecule has 0 heterocycles. The van der Waals surface area contributed by atoms with E-state index in [0.717, 1.165) is 19.0 Å². The summed E-state index contributed by atoms with van der Waals surface area (Å²) in [7, 11) is 0. The molecule has 1 rings (SSSR count). The third-order valence-corrected chi connectivity index (χ3v) is 4.97. The molecule has 1 fully saturated rings. The molecule has 0 spiro atoms. The molecule has 1 aliphatic carbocycles. The molecule has 0 atom stereocenters. The van der Waals surface area contributed by atoms with Gasteiger partial charge in [-0.05, 0) is 52.4 Å². The number of carbonyl (C=O) groups excluding carboxylic acids is 1. The van der Waals surface area contributed by atoms with Gasteiger partial charge in [-0.3, -0.25) is 9.79 Å². The minimum Gasteiger partial charge on any atom is -0.357 e. The number of amides is 1. The molecule has 142 valence electrons. The Bertz CT molecular complexity index is 404. The van der Waals surface area contributed by atoms with Gasteiger partial charge in [-0.1, -0.05) is 19.8 Å². The Morgan fingerprint density at radius 1 is 1.04 bits per heavy atom. The molecular weight excluding hydrogens is 415 g/mol. The monoisotopic (exact) mass is 452 g/mol. The molecule has 1 saturated carbocycles. The molecule has 0 saturated heterocycles. The van der Waals surface area contributed by atoms with Crippen molar-refractivity contribution in [2.24, 2.45) is 15.8 Å². The lowest BCUT2D eigenvalue weighted by molar-refractivity contribution is -0.128. The second-order valence-corrected chi connectivity index (χ2v) is 7.35. The van der Waals surface area contributed by atoms with E-state index in [-0.39, 0.29) is 29.9 Å². The van der Waals surface area contributed by atoms with Crippen LogP contribution in [0.2, 0.25) is 0 Å². The molecule has 0 aromatic carbocycles. The van der Waals surface area contributed by atoms with Crippen LogP contribution in [0.25, 0.3) is 0 Å². The van der Waals surface area contributed by atoms with E-state index < -0.39 is 5.41 Å². The summed E-state index contributed by atoms with van der Waals surface area (Å²) < 4.78 is 0. The maximum Gasteiger partial charge on any atom is 0.227 e. The highest BCUT2D eigenvalue weighted by Gasteiger charge is 2.32. The molecule has 0 aromatic rings. The van der Waals surface area contributed by atoms with E-state index in [0.29, 0.717) is 18.5 Å². The van der Waals surface area contributed by atoms with Crippen molar-refractivity contribution in [2.75, 3.05) is 26.2 Å². The van der Waals surface area contributed by atoms with Gasteiger partial charge < -0.3 is 16.0 Å². The molecule has 5 nitrogen and oxygen atoms in total. The molecule has 24 heavy (non-hydrogen) atoms. The lowest BCUT2D eigenvalue weighted by Gasteiger charge is -2.29. The number of hydrogen-bond acceptors (Lipinski definition) is 2. The summed E-state index contributed by atoms with van der Waals surface area (Å²) in [5, 5.41) is 9.69. The van der Waals surface area contributed by atoms with Crippen molar-refractivity contribution in [3.8, 4) is 0 Å². The minimum atomic E-state index is -0.492. The van der Waals surface area contributed by atoms with Gasteiger partial charge in [0, 0.05) is 19.6 Å². The predicted octanol–water partition coefficient (Wildman–Crippen LogP) is 3.29. The van der Waals surface area contributed by atoms with Crippen molar-refractivity contribution in [3.05, 3.63) is 0 Å². The van der Waals surface area contributed by atoms with Gasteiger partial charge in [0.15, 0.2) is 5.96 Å². The Labute approximate surface area is 165 Å². The summed E-state index contributed by atoms with van der Waals surface area (Å²) in [5.74, 6) is 0.880. The standard InChI is InChI=1S/C18H36N4O.HI/c1-6-18(11-9-10-12-18)14-22-16(20-8-3)21-13-17(4,5)15(23)19-7-2;/h6-14H2,1-5H3,(H,19,23)(H2,20,21,22);1H. The third kappa shape index (κ3) is 7.15. The number of nitrogens with one attached hydrogen (secondary N) is 3. The lowest BCUT2D eigenvalue weighted by atomic mass is 9.83. The topological polar surface area (TPSA) is 65.5 Å². The fourth-order valence-electron chi connectivity index (χ4n) is 3.14. The van der Waals surface area contributed by atoms with E-state index in [1.165, 1.54) is 32.1 Å². The van der Waals surface area contributed by atoms with Crippen molar-refractivity contribution in [2.45, 2.75) is 66.7 Å². The van der Waals surface area contributed by atoms with Crippen molar-refractivity contribution in [1.29, 1.82) is 0 Å². The first kappa shape index (κ1) is 23.5. The van der Waals surface area contributed by atoms with E-state index in [9.17, 15) is 4.79 Å². The number of guanidine groups is 1. The Balaban J connectivity index is 0.00000529. The van der Waals surface area contributed by atoms with Crippen molar-refractivity contribution in [1.82, 2.24) is 16.0 Å². The normalized spacial score (nSPS) is 17.1. The van der Waals surface area contributed by atoms with E-state index in [1.54, 1.807) is 0 Å². The van der Waals surface area contributed by atoms with Crippen LogP contribution in [0.1, 0.15) is 66.7 Å². The zero-order valence-corrected chi connectivity index (χ0v) is 18.5. The van der Waals surface area contributed by atoms with Crippen LogP contribution in [-0.4, -0.2) is 38.0 Å². The highest BCUT2D eigenvalue weighted by molar-refractivity contribution is 14.0. The zero-order valence-electron chi connectivity index (χ0n) is 16.1. The molecule has 0 bridgehead atoms. The van der Waals surface area contributed by atoms with Crippen molar-refractivity contribution in [3.63, 3.8) is 0 Å². The van der Waals surface area contributed by atoms with E-state index in [1.807, 2.05) is 20.8 Å². The number of nitrogens with zero attached hydrogens (tertiary/aromatic N) is 1. The van der Waals surface area contributed by atoms with E-state index >= 15 is 0 Å². The maximum atomic E-state index is 12.1. The van der Waals surface area contributed by atoms with Crippen LogP contribution in [0.3, 0.4) is 0 Å². The molecule has 0 aliphatic heterocycles. The van der Waals surface area contributed by atoms with Gasteiger partial charge in [0.05, 0.1) is 12.0 Å². The van der Waals surface area contributed by atoms with Crippen LogP contribution in [0.15, 0.2) is 4.99 Å². The number of carbonyl (C=O) groups is 1. The molecule has 0 aromatic heterocycles. The summed E-state index contributed by atoms with van der Waals surface area (Å²) in [6, 6.07) is 0. The first-order chi connectivity index (χ1) is 10.9. The average Bonchev–Trinajstić information content (AvgIpc) is 3.00. The van der Waals surface area contributed by atoms with E-state index in [2.05, 4.69) is 34.8 Å². The lowest BCUT2D eigenvalue weighted by Crippen LogP contribution is -2.44. The number of aliphatic imine (C=N–C) groups is 1. The summed E-state index contributed by atoms with van der Waals surface area (Å²) in [4.78, 5) is 16.7. The fraction of sp³-hybridized carbons (Fsp3) is 0.889. The van der Waals surface area contributed by atoms with Crippen LogP contribution < -0.4 is 16.0 Å². The number of hydrogen-bond donors (Lipinski definition) is 3. The van der Waals surface area contributed by atoms with Gasteiger partial charge in [0.1, 0.15) is 0 Å². The van der Waals surface area contributed by atoms with E-state index in [4.69, 9.17) is 0 Å². The maximum absolute atomic E-state index is 12.1. The summed E-state index contributed by atoms with van der Waals surface area (Å²) in [5.41, 5.74) is -0.0700. The smallest absolute Gasteiger partial charge is 0.227 e. The minimum absolute atomic E-state index is 0. The summed E-state index contributed by atoms with van der Waals surface area (Å²) in [6.07, 6.45) is 6.51. The second-order valence-electron chi connectivity index (χ2n) is 7.35. The quantitative estimate of drug-likeness (QED) is 0.301. The average molecular weight is 452 g/mol. The molecule has 1 amide bonds. The largest absolute Gasteiger partial charge is 0.357 e. The van der Waals surface area contributed by atoms with Gasteiger partial charge >= 0.3 is 0 Å². The fourth-order valence-corrected chi connectivity index (χ4v) is 3.14. The van der Waals surface area contributed by atoms with Gasteiger partial charge in [-0.15, -0.1) is 24.0 Å². The first-order valence-corrected chi connectivity index (χ1v) is 9.19. The van der Waals surface area contributed by atoms with Gasteiger partial charge in [0.25, 0.3) is 0 Å². The van der Waals surface area contributed by atoms with Gasteiger partial charge in [-0.25, -0.2) is 0 Å². The molecular formula is C18H37IN4O. The van der Waals surface area contributed by atoms with Crippen LogP contribution in [0, 0.1) is 10.8 Å². The van der Waals surface area contributed by atoms with Crippen LogP contribution in [-0.2, 0) is 4.79 Å². The molecule has 1 aliphatic rings. The summed E-state index contributed by atoms with van der Waals surface area (Å²) >= 11 is 0. The van der Waals surface area contributed by atoms with Crippen LogP contribution in [0.5, 0.6) is 0 Å². The predicted molar refractivity (Wildman–Crippen MR) is 113 cm³/mol. The Hall–Kier alpha value is -0.530. The second kappa shape index (κ2) is 11.2. The Morgan fingerprint density at radius 3 is 2.12 bits per heavy atom. The SMILES string of the molecule is CCNC(=O)C(C)(C)CN=C(NCC)NCC1(CC)CCCC1.I. The molecule has 3 N–H and O–H groups in total. The van der Waals surface area contributed by atoms with Crippen molar-refractivity contribution >= 4 is 35.8 Å². The van der Waals surface area contributed by atoms with Gasteiger partial charge in [0.2, 0.25) is 5.91 Å². The molecule has 6 heteroatoms. The number of halogens is 1. The summed E-state index contributed by atoms with van der Waals surface area (Å²) in [6.45, 7) is 13.1. The van der Waals surface area contributed by atoms with Crippen LogP contribution >= 0.6 is 24.0 Å².